The molecule has 0 atom stereocenters. The predicted octanol–water partition coefficient (Wildman–Crippen LogP) is 3.62. The molecule has 0 saturated heterocycles. The van der Waals surface area contributed by atoms with Gasteiger partial charge in [-0.2, -0.15) is 0 Å². The third-order valence-corrected chi connectivity index (χ3v) is 4.94. The maximum absolute atomic E-state index is 12.3. The van der Waals surface area contributed by atoms with Crippen LogP contribution in [0, 0.1) is 5.41 Å². The van der Waals surface area contributed by atoms with Gasteiger partial charge in [0.2, 0.25) is 5.91 Å². The van der Waals surface area contributed by atoms with Gasteiger partial charge in [0.25, 0.3) is 0 Å². The number of carboxylic acids is 1. The van der Waals surface area contributed by atoms with Gasteiger partial charge >= 0.3 is 5.97 Å². The van der Waals surface area contributed by atoms with Crippen molar-refractivity contribution < 1.29 is 14.7 Å². The number of aromatic nitrogens is 1. The van der Waals surface area contributed by atoms with E-state index in [1.165, 1.54) is 0 Å². The van der Waals surface area contributed by atoms with Gasteiger partial charge in [-0.05, 0) is 44.0 Å². The predicted molar refractivity (Wildman–Crippen MR) is 93.1 cm³/mol. The lowest BCUT2D eigenvalue weighted by atomic mass is 10.1. The molecule has 24 heavy (non-hydrogen) atoms. The molecule has 2 aromatic carbocycles. The molecule has 1 aliphatic rings. The van der Waals surface area contributed by atoms with Crippen molar-refractivity contribution in [3.8, 4) is 0 Å². The first-order valence-electron chi connectivity index (χ1n) is 8.12. The minimum Gasteiger partial charge on any atom is -0.480 e. The number of para-hydroxylation sites is 1. The first-order chi connectivity index (χ1) is 11.6. The Labute approximate surface area is 138 Å². The molecule has 122 valence electrons. The summed E-state index contributed by atoms with van der Waals surface area (Å²) in [5.41, 5.74) is 1.67. The molecule has 0 spiro atoms. The molecule has 3 aromatic rings. The number of carboxylic acid groups (broad SMARTS) is 1. The van der Waals surface area contributed by atoms with Crippen LogP contribution >= 0.6 is 0 Å². The second kappa shape index (κ2) is 5.09. The monoisotopic (exact) mass is 322 g/mol. The van der Waals surface area contributed by atoms with E-state index in [0.717, 1.165) is 28.4 Å². The van der Waals surface area contributed by atoms with Crippen molar-refractivity contribution in [2.24, 2.45) is 5.41 Å². The second-order valence-electron chi connectivity index (χ2n) is 6.33. The third kappa shape index (κ3) is 2.01. The third-order valence-electron chi connectivity index (χ3n) is 4.94. The Morgan fingerprint density at radius 3 is 2.50 bits per heavy atom. The standard InChI is InChI=1S/C19H18N2O3/c1-2-21-15-6-4-3-5-13(15)14-11-12(7-8-16(14)21)20-17(22)19(9-10-19)18(23)24/h3-8,11H,2,9-10H2,1H3,(H,20,22)(H,23,24). The molecular weight excluding hydrogens is 304 g/mol. The van der Waals surface area contributed by atoms with E-state index in [9.17, 15) is 14.7 Å². The van der Waals surface area contributed by atoms with Gasteiger partial charge in [-0.3, -0.25) is 9.59 Å². The van der Waals surface area contributed by atoms with Gasteiger partial charge in [0.05, 0.1) is 0 Å². The van der Waals surface area contributed by atoms with Gasteiger partial charge in [-0.1, -0.05) is 18.2 Å². The Kier molecular flexibility index (Phi) is 3.13. The molecule has 1 aliphatic carbocycles. The lowest BCUT2D eigenvalue weighted by Gasteiger charge is -2.11. The zero-order chi connectivity index (χ0) is 16.9. The van der Waals surface area contributed by atoms with Gasteiger partial charge < -0.3 is 15.0 Å². The normalized spacial score (nSPS) is 15.5. The molecule has 0 radical (unpaired) electrons. The summed E-state index contributed by atoms with van der Waals surface area (Å²) in [4.78, 5) is 23.6. The summed E-state index contributed by atoms with van der Waals surface area (Å²) in [5, 5.41) is 14.2. The van der Waals surface area contributed by atoms with Gasteiger partial charge in [0.15, 0.2) is 0 Å². The molecule has 1 saturated carbocycles. The van der Waals surface area contributed by atoms with Crippen LogP contribution in [0.15, 0.2) is 42.5 Å². The van der Waals surface area contributed by atoms with E-state index < -0.39 is 17.3 Å². The van der Waals surface area contributed by atoms with E-state index in [1.54, 1.807) is 0 Å². The summed E-state index contributed by atoms with van der Waals surface area (Å²) in [5.74, 6) is -1.46. The molecule has 0 aliphatic heterocycles. The highest BCUT2D eigenvalue weighted by Crippen LogP contribution is 2.47. The summed E-state index contributed by atoms with van der Waals surface area (Å²) >= 11 is 0. The van der Waals surface area contributed by atoms with Crippen LogP contribution in [-0.2, 0) is 16.1 Å². The number of carbonyl (C=O) groups excluding carboxylic acids is 1. The molecule has 4 rings (SSSR count). The Morgan fingerprint density at radius 1 is 1.12 bits per heavy atom. The maximum atomic E-state index is 12.3. The van der Waals surface area contributed by atoms with Crippen LogP contribution in [0.5, 0.6) is 0 Å². The van der Waals surface area contributed by atoms with Gasteiger partial charge in [0, 0.05) is 34.0 Å². The van der Waals surface area contributed by atoms with Crippen LogP contribution in [0.2, 0.25) is 0 Å². The number of aryl methyl sites for hydroxylation is 1. The van der Waals surface area contributed by atoms with Gasteiger partial charge in [0.1, 0.15) is 5.41 Å². The number of anilines is 1. The van der Waals surface area contributed by atoms with Gasteiger partial charge in [-0.15, -0.1) is 0 Å². The zero-order valence-corrected chi connectivity index (χ0v) is 13.4. The lowest BCUT2D eigenvalue weighted by molar-refractivity contribution is -0.147. The van der Waals surface area contributed by atoms with Crippen LogP contribution in [-0.4, -0.2) is 21.6 Å². The van der Waals surface area contributed by atoms with Crippen molar-refractivity contribution in [2.75, 3.05) is 5.32 Å². The highest BCUT2D eigenvalue weighted by atomic mass is 16.4. The number of nitrogens with one attached hydrogen (secondary N) is 1. The average molecular weight is 322 g/mol. The van der Waals surface area contributed by atoms with E-state index in [-0.39, 0.29) is 0 Å². The number of amides is 1. The molecule has 1 fully saturated rings. The Balaban J connectivity index is 1.78. The molecule has 5 nitrogen and oxygen atoms in total. The Morgan fingerprint density at radius 2 is 1.83 bits per heavy atom. The molecule has 1 amide bonds. The van der Waals surface area contributed by atoms with E-state index in [4.69, 9.17) is 0 Å². The summed E-state index contributed by atoms with van der Waals surface area (Å²) in [7, 11) is 0. The van der Waals surface area contributed by atoms with Crippen molar-refractivity contribution in [2.45, 2.75) is 26.3 Å². The number of hydrogen-bond acceptors (Lipinski definition) is 2. The number of rotatable bonds is 4. The van der Waals surface area contributed by atoms with Crippen molar-refractivity contribution in [3.63, 3.8) is 0 Å². The van der Waals surface area contributed by atoms with Crippen molar-refractivity contribution >= 4 is 39.4 Å². The summed E-state index contributed by atoms with van der Waals surface area (Å²) in [6, 6.07) is 13.9. The quantitative estimate of drug-likeness (QED) is 0.721. The van der Waals surface area contributed by atoms with E-state index >= 15 is 0 Å². The molecular formula is C19H18N2O3. The summed E-state index contributed by atoms with van der Waals surface area (Å²) < 4.78 is 2.23. The fourth-order valence-corrected chi connectivity index (χ4v) is 3.39. The number of nitrogens with zero attached hydrogens (tertiary/aromatic N) is 1. The minimum atomic E-state index is -1.23. The SMILES string of the molecule is CCn1c2ccccc2c2cc(NC(=O)C3(C(=O)O)CC3)ccc21. The number of fused-ring (bicyclic) bond motifs is 3. The summed E-state index contributed by atoms with van der Waals surface area (Å²) in [6.07, 6.45) is 0.817. The van der Waals surface area contributed by atoms with E-state index in [0.29, 0.717) is 18.5 Å². The number of carbonyl (C=O) groups is 2. The van der Waals surface area contributed by atoms with Gasteiger partial charge in [-0.25, -0.2) is 0 Å². The van der Waals surface area contributed by atoms with Crippen LogP contribution < -0.4 is 5.32 Å². The zero-order valence-electron chi connectivity index (χ0n) is 13.4. The van der Waals surface area contributed by atoms with Crippen LogP contribution in [0.3, 0.4) is 0 Å². The fourth-order valence-electron chi connectivity index (χ4n) is 3.39. The molecule has 5 heteroatoms. The fraction of sp³-hybridized carbons (Fsp3) is 0.263. The van der Waals surface area contributed by atoms with Crippen molar-refractivity contribution in [3.05, 3.63) is 42.5 Å². The average Bonchev–Trinajstić information content (AvgIpc) is 3.34. The molecule has 2 N–H and O–H groups in total. The minimum absolute atomic E-state index is 0.408. The molecule has 0 unspecified atom stereocenters. The smallest absolute Gasteiger partial charge is 0.319 e. The van der Waals surface area contributed by atoms with Crippen LogP contribution in [0.25, 0.3) is 21.8 Å². The largest absolute Gasteiger partial charge is 0.480 e. The first kappa shape index (κ1) is 14.8. The van der Waals surface area contributed by atoms with E-state index in [2.05, 4.69) is 28.9 Å². The number of aliphatic carboxylic acids is 1. The molecule has 1 heterocycles. The summed E-state index contributed by atoms with van der Waals surface area (Å²) in [6.45, 7) is 2.96. The van der Waals surface area contributed by atoms with Crippen molar-refractivity contribution in [1.29, 1.82) is 0 Å². The van der Waals surface area contributed by atoms with Crippen LogP contribution in [0.1, 0.15) is 19.8 Å². The second-order valence-corrected chi connectivity index (χ2v) is 6.33. The van der Waals surface area contributed by atoms with Crippen molar-refractivity contribution in [1.82, 2.24) is 4.57 Å². The molecule has 1 aromatic heterocycles. The topological polar surface area (TPSA) is 71.3 Å². The highest BCUT2D eigenvalue weighted by Gasteiger charge is 2.57. The highest BCUT2D eigenvalue weighted by molar-refractivity contribution is 6.13. The van der Waals surface area contributed by atoms with E-state index in [1.807, 2.05) is 30.3 Å². The first-order valence-corrected chi connectivity index (χ1v) is 8.12. The Bertz CT molecular complexity index is 983. The maximum Gasteiger partial charge on any atom is 0.319 e. The van der Waals surface area contributed by atoms with Crippen LogP contribution in [0.4, 0.5) is 5.69 Å². The Hall–Kier alpha value is -2.82. The lowest BCUT2D eigenvalue weighted by Crippen LogP contribution is -2.31. The number of benzene rings is 2. The molecule has 0 bridgehead atoms. The number of hydrogen-bond donors (Lipinski definition) is 2.